The lowest BCUT2D eigenvalue weighted by Gasteiger charge is -2.23. The van der Waals surface area contributed by atoms with Gasteiger partial charge in [-0.2, -0.15) is 4.31 Å². The Kier molecular flexibility index (Phi) is 6.41. The van der Waals surface area contributed by atoms with Crippen LogP contribution in [0.4, 0.5) is 5.82 Å². The number of likely N-dealkylation sites (tertiary alicyclic amines) is 1. The second-order valence-corrected chi connectivity index (χ2v) is 12.2. The van der Waals surface area contributed by atoms with Crippen LogP contribution >= 0.6 is 27.5 Å². The number of pyridine rings is 1. The molecule has 0 saturated carbocycles. The molecule has 2 atom stereocenters. The van der Waals surface area contributed by atoms with Crippen LogP contribution in [0.2, 0.25) is 5.02 Å². The van der Waals surface area contributed by atoms with E-state index in [4.69, 9.17) is 11.6 Å². The van der Waals surface area contributed by atoms with E-state index in [2.05, 4.69) is 26.2 Å². The van der Waals surface area contributed by atoms with E-state index in [9.17, 15) is 13.2 Å². The van der Waals surface area contributed by atoms with Gasteiger partial charge in [0, 0.05) is 48.3 Å². The molecule has 1 aliphatic carbocycles. The number of carbonyl (C=O) groups excluding carboxylic acids is 1. The lowest BCUT2D eigenvalue weighted by atomic mass is 10.1. The molecule has 10 heteroatoms. The lowest BCUT2D eigenvalue weighted by molar-refractivity contribution is -0.128. The number of carbonyl (C=O) groups is 1. The molecule has 1 unspecified atom stereocenters. The van der Waals surface area contributed by atoms with Crippen molar-refractivity contribution in [3.63, 3.8) is 0 Å². The first-order chi connectivity index (χ1) is 15.8. The summed E-state index contributed by atoms with van der Waals surface area (Å²) in [6, 6.07) is 7.41. The van der Waals surface area contributed by atoms with Gasteiger partial charge in [-0.3, -0.25) is 4.79 Å². The number of nitrogens with one attached hydrogen (secondary N) is 1. The van der Waals surface area contributed by atoms with E-state index < -0.39 is 10.0 Å². The molecule has 7 nitrogen and oxygen atoms in total. The third kappa shape index (κ3) is 4.52. The van der Waals surface area contributed by atoms with Gasteiger partial charge in [-0.1, -0.05) is 23.7 Å². The molecule has 2 fully saturated rings. The molecule has 2 saturated heterocycles. The van der Waals surface area contributed by atoms with Crippen molar-refractivity contribution >= 4 is 49.3 Å². The first-order valence-corrected chi connectivity index (χ1v) is 13.9. The number of sulfonamides is 1. The van der Waals surface area contributed by atoms with Gasteiger partial charge in [0.1, 0.15) is 10.7 Å². The van der Waals surface area contributed by atoms with Crippen molar-refractivity contribution < 1.29 is 13.2 Å². The zero-order valence-electron chi connectivity index (χ0n) is 18.1. The molecule has 33 heavy (non-hydrogen) atoms. The molecule has 3 heterocycles. The maximum Gasteiger partial charge on any atom is 0.246 e. The lowest BCUT2D eigenvalue weighted by Crippen LogP contribution is -2.34. The normalized spacial score (nSPS) is 23.3. The number of amides is 1. The van der Waals surface area contributed by atoms with Crippen LogP contribution in [0, 0.1) is 5.92 Å². The molecule has 1 aromatic carbocycles. The summed E-state index contributed by atoms with van der Waals surface area (Å²) >= 11 is 9.74. The van der Waals surface area contributed by atoms with Gasteiger partial charge in [0.2, 0.25) is 15.9 Å². The van der Waals surface area contributed by atoms with Gasteiger partial charge in [0.25, 0.3) is 0 Å². The minimum Gasteiger partial charge on any atom is -0.362 e. The zero-order valence-corrected chi connectivity index (χ0v) is 21.3. The summed E-state index contributed by atoms with van der Waals surface area (Å²) in [7, 11) is -3.75. The molecule has 176 valence electrons. The van der Waals surface area contributed by atoms with Crippen molar-refractivity contribution in [3.8, 4) is 0 Å². The van der Waals surface area contributed by atoms with E-state index >= 15 is 0 Å². The zero-order chi connectivity index (χ0) is 23.2. The van der Waals surface area contributed by atoms with E-state index in [-0.39, 0.29) is 22.8 Å². The van der Waals surface area contributed by atoms with Gasteiger partial charge in [-0.25, -0.2) is 13.4 Å². The number of fused-ring (bicyclic) bond motifs is 1. The van der Waals surface area contributed by atoms with E-state index in [1.165, 1.54) is 4.31 Å². The molecule has 1 N–H and O–H groups in total. The number of nitrogens with zero attached hydrogens (tertiary/aromatic N) is 3. The van der Waals surface area contributed by atoms with Gasteiger partial charge in [0.05, 0.1) is 6.04 Å². The number of halogens is 2. The molecule has 1 amide bonds. The molecule has 2 aromatic rings. The van der Waals surface area contributed by atoms with Crippen molar-refractivity contribution in [2.75, 3.05) is 31.5 Å². The average Bonchev–Trinajstić information content (AvgIpc) is 3.52. The summed E-state index contributed by atoms with van der Waals surface area (Å²) in [5.74, 6) is 0.687. The summed E-state index contributed by atoms with van der Waals surface area (Å²) < 4.78 is 29.4. The Hall–Kier alpha value is -1.68. The number of anilines is 1. The first kappa shape index (κ1) is 23.1. The fourth-order valence-electron chi connectivity index (χ4n) is 5.16. The third-order valence-electron chi connectivity index (χ3n) is 6.86. The summed E-state index contributed by atoms with van der Waals surface area (Å²) in [6.45, 7) is 2.27. The van der Waals surface area contributed by atoms with Crippen molar-refractivity contribution in [1.82, 2.24) is 14.2 Å². The highest BCUT2D eigenvalue weighted by molar-refractivity contribution is 9.10. The fraction of sp³-hybridized carbons (Fsp3) is 0.478. The van der Waals surface area contributed by atoms with Gasteiger partial charge in [0.15, 0.2) is 0 Å². The number of hydrogen-bond donors (Lipinski definition) is 1. The number of hydrogen-bond acceptors (Lipinski definition) is 5. The second kappa shape index (κ2) is 9.17. The highest BCUT2D eigenvalue weighted by Gasteiger charge is 2.37. The maximum absolute atomic E-state index is 13.7. The molecule has 1 aromatic heterocycles. The largest absolute Gasteiger partial charge is 0.362 e. The van der Waals surface area contributed by atoms with Gasteiger partial charge >= 0.3 is 0 Å². The minimum atomic E-state index is -3.75. The Morgan fingerprint density at radius 2 is 2.06 bits per heavy atom. The van der Waals surface area contributed by atoms with Crippen LogP contribution in [0.3, 0.4) is 0 Å². The minimum absolute atomic E-state index is 0.0474. The van der Waals surface area contributed by atoms with Gasteiger partial charge in [-0.15, -0.1) is 0 Å². The summed E-state index contributed by atoms with van der Waals surface area (Å²) in [4.78, 5) is 18.5. The van der Waals surface area contributed by atoms with Gasteiger partial charge in [-0.05, 0) is 70.8 Å². The van der Waals surface area contributed by atoms with Gasteiger partial charge < -0.3 is 10.2 Å². The Balaban J connectivity index is 1.37. The predicted octanol–water partition coefficient (Wildman–Crippen LogP) is 4.23. The SMILES string of the molecule is O=C1CCCN1CC1CCN(S(=O)(=O)c2cc(Br)cnc2N[C@H]2CCc3c(Cl)cccc32)C1. The Labute approximate surface area is 207 Å². The standard InChI is InChI=1S/C23H26BrClN4O3S/c24-16-11-21(23(26-12-16)27-20-7-6-17-18(20)3-1-4-19(17)25)33(31,32)29-10-8-15(14-29)13-28-9-2-5-22(28)30/h1,3-4,11-12,15,20H,2,5-10,13-14H2,(H,26,27)/t15?,20-/m0/s1. The molecule has 0 spiro atoms. The average molecular weight is 554 g/mol. The van der Waals surface area contributed by atoms with Crippen molar-refractivity contribution in [1.29, 1.82) is 0 Å². The monoisotopic (exact) mass is 552 g/mol. The Morgan fingerprint density at radius 3 is 2.85 bits per heavy atom. The second-order valence-electron chi connectivity index (χ2n) is 9.00. The van der Waals surface area contributed by atoms with Crippen LogP contribution in [0.1, 0.15) is 42.9 Å². The van der Waals surface area contributed by atoms with Crippen LogP contribution in [-0.4, -0.2) is 54.7 Å². The number of rotatable bonds is 6. The highest BCUT2D eigenvalue weighted by Crippen LogP contribution is 2.39. The quantitative estimate of drug-likeness (QED) is 0.579. The van der Waals surface area contributed by atoms with E-state index in [1.807, 2.05) is 23.1 Å². The van der Waals surface area contributed by atoms with Crippen LogP contribution < -0.4 is 5.32 Å². The molecule has 0 radical (unpaired) electrons. The molecule has 3 aliphatic rings. The van der Waals surface area contributed by atoms with Crippen LogP contribution in [0.5, 0.6) is 0 Å². The van der Waals surface area contributed by atoms with E-state index in [0.29, 0.717) is 36.3 Å². The molecular formula is C23H26BrClN4O3S. The topological polar surface area (TPSA) is 82.6 Å². The summed E-state index contributed by atoms with van der Waals surface area (Å²) in [5, 5.41) is 4.12. The van der Waals surface area contributed by atoms with E-state index in [0.717, 1.165) is 48.4 Å². The molecule has 0 bridgehead atoms. The maximum atomic E-state index is 13.7. The Bertz CT molecular complexity index is 1190. The summed E-state index contributed by atoms with van der Waals surface area (Å²) in [5.41, 5.74) is 2.20. The molecule has 2 aliphatic heterocycles. The smallest absolute Gasteiger partial charge is 0.246 e. The van der Waals surface area contributed by atoms with Crippen LogP contribution in [0.25, 0.3) is 0 Å². The van der Waals surface area contributed by atoms with Crippen molar-refractivity contribution in [2.24, 2.45) is 5.92 Å². The highest BCUT2D eigenvalue weighted by atomic mass is 79.9. The van der Waals surface area contributed by atoms with Crippen LogP contribution in [0.15, 0.2) is 39.8 Å². The predicted molar refractivity (Wildman–Crippen MR) is 131 cm³/mol. The number of benzene rings is 1. The van der Waals surface area contributed by atoms with Crippen LogP contribution in [-0.2, 0) is 21.2 Å². The fourth-order valence-corrected chi connectivity index (χ4v) is 7.58. The van der Waals surface area contributed by atoms with Crippen molar-refractivity contribution in [3.05, 3.63) is 51.1 Å². The number of aromatic nitrogens is 1. The molecule has 5 rings (SSSR count). The molecular weight excluding hydrogens is 528 g/mol. The Morgan fingerprint density at radius 1 is 1.21 bits per heavy atom. The first-order valence-electron chi connectivity index (χ1n) is 11.3. The third-order valence-corrected chi connectivity index (χ3v) is 9.53. The van der Waals surface area contributed by atoms with Crippen molar-refractivity contribution in [2.45, 2.75) is 43.0 Å². The summed E-state index contributed by atoms with van der Waals surface area (Å²) in [6.07, 6.45) is 5.52. The van der Waals surface area contributed by atoms with E-state index in [1.54, 1.807) is 12.3 Å².